The molecule has 1 aromatic heterocycles. The summed E-state index contributed by atoms with van der Waals surface area (Å²) in [4.78, 5) is 15.6. The van der Waals surface area contributed by atoms with Gasteiger partial charge in [-0.05, 0) is 29.8 Å². The standard InChI is InChI=1S/C15H10F6N2OS/c16-14(17,18)10-5-3-9(4-6-10)8-23-12(24)11-2-1-7-22-13(11)25-15(19,20)21/h1-7H,8H2,(H,23,24). The smallest absolute Gasteiger partial charge is 0.348 e. The summed E-state index contributed by atoms with van der Waals surface area (Å²) in [6, 6.07) is 6.57. The Morgan fingerprint density at radius 3 is 2.24 bits per heavy atom. The number of alkyl halides is 6. The first-order chi connectivity index (χ1) is 11.6. The van der Waals surface area contributed by atoms with Crippen LogP contribution in [0.3, 0.4) is 0 Å². The molecule has 0 fully saturated rings. The van der Waals surface area contributed by atoms with E-state index in [4.69, 9.17) is 0 Å². The number of aromatic nitrogens is 1. The van der Waals surface area contributed by atoms with Gasteiger partial charge in [-0.3, -0.25) is 4.79 Å². The molecule has 1 heterocycles. The number of amides is 1. The van der Waals surface area contributed by atoms with Gasteiger partial charge in [-0.1, -0.05) is 12.1 Å². The highest BCUT2D eigenvalue weighted by Gasteiger charge is 2.32. The van der Waals surface area contributed by atoms with Gasteiger partial charge in [0.2, 0.25) is 0 Å². The van der Waals surface area contributed by atoms with Gasteiger partial charge in [-0.2, -0.15) is 26.3 Å². The van der Waals surface area contributed by atoms with E-state index in [1.165, 1.54) is 24.3 Å². The molecule has 2 aromatic rings. The van der Waals surface area contributed by atoms with Gasteiger partial charge in [0, 0.05) is 24.5 Å². The fourth-order valence-electron chi connectivity index (χ4n) is 1.84. The molecule has 1 amide bonds. The quantitative estimate of drug-likeness (QED) is 0.621. The zero-order valence-electron chi connectivity index (χ0n) is 12.3. The minimum absolute atomic E-state index is 0.137. The van der Waals surface area contributed by atoms with Crippen LogP contribution in [0.1, 0.15) is 21.5 Å². The number of pyridine rings is 1. The van der Waals surface area contributed by atoms with Gasteiger partial charge in [0.1, 0.15) is 5.03 Å². The Bertz CT molecular complexity index is 743. The molecule has 2 rings (SSSR count). The molecule has 10 heteroatoms. The van der Waals surface area contributed by atoms with Gasteiger partial charge in [-0.15, -0.1) is 0 Å². The molecule has 0 aliphatic heterocycles. The van der Waals surface area contributed by atoms with Gasteiger partial charge in [-0.25, -0.2) is 4.98 Å². The summed E-state index contributed by atoms with van der Waals surface area (Å²) in [7, 11) is 0. The molecule has 0 aliphatic carbocycles. The minimum Gasteiger partial charge on any atom is -0.348 e. The molecular formula is C15H10F6N2OS. The highest BCUT2D eigenvalue weighted by Crippen LogP contribution is 2.37. The average Bonchev–Trinajstić information content (AvgIpc) is 2.51. The number of thioether (sulfide) groups is 1. The fraction of sp³-hybridized carbons (Fsp3) is 0.200. The van der Waals surface area contributed by atoms with Crippen LogP contribution in [-0.4, -0.2) is 16.4 Å². The van der Waals surface area contributed by atoms with E-state index in [2.05, 4.69) is 10.3 Å². The summed E-state index contributed by atoms with van der Waals surface area (Å²) < 4.78 is 74.8. The Kier molecular flexibility index (Phi) is 5.61. The van der Waals surface area contributed by atoms with Crippen LogP contribution in [0, 0.1) is 0 Å². The van der Waals surface area contributed by atoms with Crippen LogP contribution in [0.15, 0.2) is 47.6 Å². The van der Waals surface area contributed by atoms with Crippen molar-refractivity contribution in [2.24, 2.45) is 0 Å². The predicted molar refractivity (Wildman–Crippen MR) is 78.8 cm³/mol. The van der Waals surface area contributed by atoms with E-state index in [0.29, 0.717) is 5.56 Å². The number of carbonyl (C=O) groups excluding carboxylic acids is 1. The average molecular weight is 380 g/mol. The van der Waals surface area contributed by atoms with E-state index in [1.807, 2.05) is 0 Å². The van der Waals surface area contributed by atoms with Gasteiger partial charge in [0.05, 0.1) is 11.1 Å². The largest absolute Gasteiger partial charge is 0.447 e. The number of hydrogen-bond acceptors (Lipinski definition) is 3. The third-order valence-corrected chi connectivity index (χ3v) is 3.71. The SMILES string of the molecule is O=C(NCc1ccc(C(F)(F)F)cc1)c1cccnc1SC(F)(F)F. The second kappa shape index (κ2) is 7.34. The molecule has 0 bridgehead atoms. The lowest BCUT2D eigenvalue weighted by molar-refractivity contribution is -0.137. The Balaban J connectivity index is 2.06. The molecule has 3 nitrogen and oxygen atoms in total. The van der Waals surface area contributed by atoms with Crippen LogP contribution in [0.25, 0.3) is 0 Å². The molecule has 0 radical (unpaired) electrons. The van der Waals surface area contributed by atoms with E-state index < -0.39 is 39.9 Å². The van der Waals surface area contributed by atoms with Crippen molar-refractivity contribution < 1.29 is 31.1 Å². The number of nitrogens with zero attached hydrogens (tertiary/aromatic N) is 1. The fourth-order valence-corrected chi connectivity index (χ4v) is 2.45. The molecule has 1 aromatic carbocycles. The molecule has 0 saturated carbocycles. The monoisotopic (exact) mass is 380 g/mol. The number of halogens is 6. The number of rotatable bonds is 4. The predicted octanol–water partition coefficient (Wildman–Crippen LogP) is 4.64. The van der Waals surface area contributed by atoms with Gasteiger partial charge in [0.25, 0.3) is 5.91 Å². The molecule has 0 atom stereocenters. The first-order valence-electron chi connectivity index (χ1n) is 6.71. The lowest BCUT2D eigenvalue weighted by Gasteiger charge is -2.11. The lowest BCUT2D eigenvalue weighted by Crippen LogP contribution is -2.24. The summed E-state index contributed by atoms with van der Waals surface area (Å²) in [5.74, 6) is -0.806. The van der Waals surface area contributed by atoms with Crippen molar-refractivity contribution in [1.29, 1.82) is 0 Å². The van der Waals surface area contributed by atoms with Crippen LogP contribution in [0.4, 0.5) is 26.3 Å². The molecule has 0 aliphatic rings. The maximum absolute atomic E-state index is 12.5. The third-order valence-electron chi connectivity index (χ3n) is 2.96. The number of nitrogens with one attached hydrogen (secondary N) is 1. The highest BCUT2D eigenvalue weighted by molar-refractivity contribution is 8.00. The maximum Gasteiger partial charge on any atom is 0.447 e. The van der Waals surface area contributed by atoms with Crippen molar-refractivity contribution in [3.05, 3.63) is 59.3 Å². The maximum atomic E-state index is 12.5. The Hall–Kier alpha value is -2.23. The first-order valence-corrected chi connectivity index (χ1v) is 7.53. The van der Waals surface area contributed by atoms with Crippen molar-refractivity contribution in [2.75, 3.05) is 0 Å². The summed E-state index contributed by atoms with van der Waals surface area (Å²) in [6.07, 6.45) is -3.35. The lowest BCUT2D eigenvalue weighted by atomic mass is 10.1. The van der Waals surface area contributed by atoms with Crippen LogP contribution in [0.2, 0.25) is 0 Å². The summed E-state index contributed by atoms with van der Waals surface area (Å²) in [5, 5.41) is 1.86. The van der Waals surface area contributed by atoms with E-state index >= 15 is 0 Å². The zero-order valence-corrected chi connectivity index (χ0v) is 13.1. The summed E-state index contributed by atoms with van der Waals surface area (Å²) >= 11 is -0.515. The van der Waals surface area contributed by atoms with Crippen LogP contribution >= 0.6 is 11.8 Å². The van der Waals surface area contributed by atoms with Gasteiger partial charge in [0.15, 0.2) is 0 Å². The minimum atomic E-state index is -4.60. The Labute approximate surface area is 142 Å². The van der Waals surface area contributed by atoms with Crippen molar-refractivity contribution in [2.45, 2.75) is 23.3 Å². The molecule has 134 valence electrons. The van der Waals surface area contributed by atoms with Crippen LogP contribution < -0.4 is 5.32 Å². The topological polar surface area (TPSA) is 42.0 Å². The molecule has 1 N–H and O–H groups in total. The van der Waals surface area contributed by atoms with E-state index in [-0.39, 0.29) is 12.1 Å². The summed E-state index contributed by atoms with van der Waals surface area (Å²) in [5.41, 5.74) is -5.33. The van der Waals surface area contributed by atoms with Crippen molar-refractivity contribution in [3.8, 4) is 0 Å². The number of hydrogen-bond donors (Lipinski definition) is 1. The molecule has 25 heavy (non-hydrogen) atoms. The van der Waals surface area contributed by atoms with Crippen molar-refractivity contribution in [1.82, 2.24) is 10.3 Å². The Morgan fingerprint density at radius 2 is 1.68 bits per heavy atom. The van der Waals surface area contributed by atoms with Crippen molar-refractivity contribution >= 4 is 17.7 Å². The van der Waals surface area contributed by atoms with Crippen LogP contribution in [0.5, 0.6) is 0 Å². The molecule has 0 unspecified atom stereocenters. The second-order valence-corrected chi connectivity index (χ2v) is 5.84. The van der Waals surface area contributed by atoms with Crippen LogP contribution in [-0.2, 0) is 12.7 Å². The second-order valence-electron chi connectivity index (χ2n) is 4.78. The number of carbonyl (C=O) groups is 1. The molecular weight excluding hydrogens is 370 g/mol. The van der Waals surface area contributed by atoms with Gasteiger partial charge < -0.3 is 5.32 Å². The number of benzene rings is 1. The third kappa shape index (κ3) is 5.66. The summed E-state index contributed by atoms with van der Waals surface area (Å²) in [6.45, 7) is -0.137. The van der Waals surface area contributed by atoms with E-state index in [1.54, 1.807) is 0 Å². The highest BCUT2D eigenvalue weighted by atomic mass is 32.2. The van der Waals surface area contributed by atoms with E-state index in [0.717, 1.165) is 18.3 Å². The zero-order chi connectivity index (χ0) is 18.7. The van der Waals surface area contributed by atoms with Crippen molar-refractivity contribution in [3.63, 3.8) is 0 Å². The Morgan fingerprint density at radius 1 is 1.04 bits per heavy atom. The molecule has 0 spiro atoms. The van der Waals surface area contributed by atoms with E-state index in [9.17, 15) is 31.1 Å². The van der Waals surface area contributed by atoms with Gasteiger partial charge >= 0.3 is 11.7 Å². The first kappa shape index (κ1) is 19.1. The normalized spacial score (nSPS) is 12.1. The molecule has 0 saturated heterocycles.